The molecular weight excluding hydrogens is 296 g/mol. The third-order valence-corrected chi connectivity index (χ3v) is 4.52. The molecule has 0 aliphatic carbocycles. The fourth-order valence-electron chi connectivity index (χ4n) is 3.39. The van der Waals surface area contributed by atoms with Gasteiger partial charge in [-0.2, -0.15) is 13.5 Å². The van der Waals surface area contributed by atoms with Gasteiger partial charge in [-0.3, -0.25) is 0 Å². The van der Waals surface area contributed by atoms with Crippen LogP contribution in [0.2, 0.25) is 0 Å². The molecular formula is C22H16S. The Bertz CT molecular complexity index is 988. The summed E-state index contributed by atoms with van der Waals surface area (Å²) in [6.45, 7) is 0. The number of rotatable bonds is 0. The van der Waals surface area contributed by atoms with E-state index in [1.54, 1.807) is 0 Å². The molecule has 0 nitrogen and oxygen atoms in total. The molecule has 0 N–H and O–H groups in total. The van der Waals surface area contributed by atoms with Gasteiger partial charge in [0.15, 0.2) is 0 Å². The minimum absolute atomic E-state index is 0. The van der Waals surface area contributed by atoms with Crippen LogP contribution < -0.4 is 0 Å². The summed E-state index contributed by atoms with van der Waals surface area (Å²) in [7, 11) is 0. The van der Waals surface area contributed by atoms with E-state index in [1.165, 1.54) is 43.1 Å². The first kappa shape index (κ1) is 14.1. The van der Waals surface area contributed by atoms with Crippen molar-refractivity contribution < 1.29 is 0 Å². The smallest absolute Gasteiger partial charge is 0.0171 e. The van der Waals surface area contributed by atoms with Crippen molar-refractivity contribution in [1.82, 2.24) is 0 Å². The molecule has 0 aromatic heterocycles. The molecule has 0 bridgehead atoms. The van der Waals surface area contributed by atoms with Crippen molar-refractivity contribution in [3.8, 4) is 0 Å². The quantitative estimate of drug-likeness (QED) is 0.290. The van der Waals surface area contributed by atoms with E-state index < -0.39 is 0 Å². The minimum atomic E-state index is 0. The number of fused-ring (bicyclic) bond motifs is 4. The Morgan fingerprint density at radius 3 is 0.783 bits per heavy atom. The maximum absolute atomic E-state index is 2.31. The molecule has 1 heteroatoms. The van der Waals surface area contributed by atoms with E-state index in [0.29, 0.717) is 0 Å². The van der Waals surface area contributed by atoms with Crippen molar-refractivity contribution in [1.29, 1.82) is 0 Å². The normalized spacial score (nSPS) is 11.1. The Morgan fingerprint density at radius 2 is 0.522 bits per heavy atom. The lowest BCUT2D eigenvalue weighted by atomic mass is 9.97. The Labute approximate surface area is 141 Å². The highest BCUT2D eigenvalue weighted by Crippen LogP contribution is 2.29. The molecule has 0 aliphatic heterocycles. The van der Waals surface area contributed by atoms with Crippen molar-refractivity contribution >= 4 is 56.6 Å². The summed E-state index contributed by atoms with van der Waals surface area (Å²) in [5.74, 6) is 0. The maximum Gasteiger partial charge on any atom is -0.0171 e. The van der Waals surface area contributed by atoms with Gasteiger partial charge in [0.2, 0.25) is 0 Å². The average molecular weight is 312 g/mol. The van der Waals surface area contributed by atoms with Crippen LogP contribution >= 0.6 is 13.5 Å². The van der Waals surface area contributed by atoms with Crippen LogP contribution in [0.15, 0.2) is 84.9 Å². The van der Waals surface area contributed by atoms with Crippen LogP contribution in [-0.2, 0) is 0 Å². The van der Waals surface area contributed by atoms with Gasteiger partial charge in [-0.05, 0) is 79.5 Å². The molecule has 0 heterocycles. The van der Waals surface area contributed by atoms with Gasteiger partial charge >= 0.3 is 0 Å². The lowest BCUT2D eigenvalue weighted by Gasteiger charge is -2.07. The summed E-state index contributed by atoms with van der Waals surface area (Å²) >= 11 is 0. The first-order chi connectivity index (χ1) is 10.9. The van der Waals surface area contributed by atoms with E-state index in [4.69, 9.17) is 0 Å². The molecule has 0 radical (unpaired) electrons. The zero-order valence-corrected chi connectivity index (χ0v) is 13.6. The zero-order chi connectivity index (χ0) is 14.5. The van der Waals surface area contributed by atoms with Gasteiger partial charge < -0.3 is 0 Å². The lowest BCUT2D eigenvalue weighted by Crippen LogP contribution is -1.80. The van der Waals surface area contributed by atoms with Crippen LogP contribution in [0.25, 0.3) is 43.1 Å². The summed E-state index contributed by atoms with van der Waals surface area (Å²) < 4.78 is 0. The summed E-state index contributed by atoms with van der Waals surface area (Å²) in [4.78, 5) is 0. The predicted octanol–water partition coefficient (Wildman–Crippen LogP) is 6.41. The maximum atomic E-state index is 2.31. The first-order valence-electron chi connectivity index (χ1n) is 7.62. The lowest BCUT2D eigenvalue weighted by molar-refractivity contribution is 1.78. The van der Waals surface area contributed by atoms with Crippen LogP contribution in [0.4, 0.5) is 0 Å². The molecule has 0 amide bonds. The van der Waals surface area contributed by atoms with Crippen LogP contribution in [0.5, 0.6) is 0 Å². The Balaban J connectivity index is 0.00000135. The van der Waals surface area contributed by atoms with E-state index in [-0.39, 0.29) is 13.5 Å². The average Bonchev–Trinajstić information content (AvgIpc) is 2.56. The first-order valence-corrected chi connectivity index (χ1v) is 7.62. The molecule has 0 saturated carbocycles. The third kappa shape index (κ3) is 2.25. The standard InChI is InChI=1S/C22H14.H2S/c1-2-6-16-10-20-14-22-12-18-8-4-3-7-17(18)11-21(22)13-19(20)9-15(16)5-1;/h1-14H;1H2. The molecule has 0 atom stereocenters. The monoisotopic (exact) mass is 312 g/mol. The van der Waals surface area contributed by atoms with Crippen molar-refractivity contribution in [3.63, 3.8) is 0 Å². The molecule has 5 aromatic rings. The van der Waals surface area contributed by atoms with Gasteiger partial charge in [-0.25, -0.2) is 0 Å². The van der Waals surface area contributed by atoms with E-state index in [1.807, 2.05) is 0 Å². The predicted molar refractivity (Wildman–Crippen MR) is 107 cm³/mol. The SMILES string of the molecule is S.c1ccc2cc3cc4cc5ccccc5cc4cc3cc2c1. The van der Waals surface area contributed by atoms with Gasteiger partial charge in [0.1, 0.15) is 0 Å². The fraction of sp³-hybridized carbons (Fsp3) is 0. The summed E-state index contributed by atoms with van der Waals surface area (Å²) in [6.07, 6.45) is 0. The van der Waals surface area contributed by atoms with Crippen molar-refractivity contribution in [2.24, 2.45) is 0 Å². The summed E-state index contributed by atoms with van der Waals surface area (Å²) in [6, 6.07) is 30.9. The van der Waals surface area contributed by atoms with Crippen LogP contribution in [0.3, 0.4) is 0 Å². The molecule has 5 rings (SSSR count). The molecule has 23 heavy (non-hydrogen) atoms. The van der Waals surface area contributed by atoms with Crippen LogP contribution in [0.1, 0.15) is 0 Å². The van der Waals surface area contributed by atoms with Gasteiger partial charge in [0, 0.05) is 0 Å². The molecule has 0 unspecified atom stereocenters. The molecule has 0 fully saturated rings. The highest BCUT2D eigenvalue weighted by molar-refractivity contribution is 7.59. The summed E-state index contributed by atoms with van der Waals surface area (Å²) in [5, 5.41) is 10.4. The Morgan fingerprint density at radius 1 is 0.304 bits per heavy atom. The van der Waals surface area contributed by atoms with Gasteiger partial charge in [-0.15, -0.1) is 0 Å². The van der Waals surface area contributed by atoms with Crippen LogP contribution in [-0.4, -0.2) is 0 Å². The molecule has 0 saturated heterocycles. The highest BCUT2D eigenvalue weighted by Gasteiger charge is 2.02. The van der Waals surface area contributed by atoms with E-state index in [0.717, 1.165) is 0 Å². The zero-order valence-electron chi connectivity index (χ0n) is 12.6. The largest absolute Gasteiger partial charge is 0.197 e. The Hall–Kier alpha value is -2.51. The summed E-state index contributed by atoms with van der Waals surface area (Å²) in [5.41, 5.74) is 0. The van der Waals surface area contributed by atoms with Crippen LogP contribution in [0, 0.1) is 0 Å². The van der Waals surface area contributed by atoms with E-state index in [2.05, 4.69) is 84.9 Å². The minimum Gasteiger partial charge on any atom is -0.197 e. The van der Waals surface area contributed by atoms with Gasteiger partial charge in [0.05, 0.1) is 0 Å². The number of hydrogen-bond acceptors (Lipinski definition) is 0. The van der Waals surface area contributed by atoms with Crippen molar-refractivity contribution in [2.75, 3.05) is 0 Å². The topological polar surface area (TPSA) is 0 Å². The molecule has 110 valence electrons. The van der Waals surface area contributed by atoms with E-state index >= 15 is 0 Å². The molecule has 0 spiro atoms. The fourth-order valence-corrected chi connectivity index (χ4v) is 3.39. The highest BCUT2D eigenvalue weighted by atomic mass is 32.1. The van der Waals surface area contributed by atoms with Gasteiger partial charge in [0.25, 0.3) is 0 Å². The second kappa shape index (κ2) is 5.29. The second-order valence-corrected chi connectivity index (χ2v) is 5.95. The molecule has 0 aliphatic rings. The molecule has 5 aromatic carbocycles. The van der Waals surface area contributed by atoms with Crippen molar-refractivity contribution in [3.05, 3.63) is 84.9 Å². The number of hydrogen-bond donors (Lipinski definition) is 0. The third-order valence-electron chi connectivity index (χ3n) is 4.52. The Kier molecular flexibility index (Phi) is 3.24. The second-order valence-electron chi connectivity index (χ2n) is 5.95. The van der Waals surface area contributed by atoms with Gasteiger partial charge in [-0.1, -0.05) is 48.5 Å². The van der Waals surface area contributed by atoms with E-state index in [9.17, 15) is 0 Å². The van der Waals surface area contributed by atoms with Crippen molar-refractivity contribution in [2.45, 2.75) is 0 Å². The number of benzene rings is 5.